The lowest BCUT2D eigenvalue weighted by atomic mass is 10.2. The number of carbonyl (C=O) groups excluding carboxylic acids is 2. The fourth-order valence-corrected chi connectivity index (χ4v) is 2.23. The Morgan fingerprint density at radius 2 is 1.93 bits per heavy atom. The second-order valence-corrected chi connectivity index (χ2v) is 5.89. The summed E-state index contributed by atoms with van der Waals surface area (Å²) in [4.78, 5) is 31.6. The van der Waals surface area contributed by atoms with Gasteiger partial charge in [0.25, 0.3) is 5.91 Å². The van der Waals surface area contributed by atoms with Gasteiger partial charge >= 0.3 is 6.36 Å². The van der Waals surface area contributed by atoms with Crippen molar-refractivity contribution in [3.8, 4) is 5.88 Å². The first-order valence-corrected chi connectivity index (χ1v) is 8.45. The van der Waals surface area contributed by atoms with Gasteiger partial charge < -0.3 is 15.4 Å². The Hall–Kier alpha value is -3.21. The highest BCUT2D eigenvalue weighted by atomic mass is 19.4. The molecule has 0 spiro atoms. The molecule has 0 bridgehead atoms. The number of aromatic nitrogens is 2. The number of nitrogens with one attached hydrogen (secondary N) is 2. The van der Waals surface area contributed by atoms with E-state index in [-0.39, 0.29) is 36.7 Å². The van der Waals surface area contributed by atoms with E-state index in [0.29, 0.717) is 16.8 Å². The van der Waals surface area contributed by atoms with Crippen molar-refractivity contribution in [2.24, 2.45) is 0 Å². The second-order valence-electron chi connectivity index (χ2n) is 5.89. The fraction of sp³-hybridized carbons (Fsp3) is 0.333. The number of ether oxygens (including phenoxy) is 2. The molecule has 0 saturated heterocycles. The molecule has 2 aromatic rings. The van der Waals surface area contributed by atoms with E-state index in [4.69, 9.17) is 4.74 Å². The Balaban J connectivity index is 1.86. The Morgan fingerprint density at radius 1 is 1.17 bits per heavy atom. The van der Waals surface area contributed by atoms with Crippen molar-refractivity contribution in [1.29, 1.82) is 0 Å². The normalized spacial score (nSPS) is 11.1. The molecule has 2 N–H and O–H groups in total. The minimum atomic E-state index is -4.70. The summed E-state index contributed by atoms with van der Waals surface area (Å²) in [5.41, 5.74) is 1.56. The molecule has 0 radical (unpaired) electrons. The van der Waals surface area contributed by atoms with E-state index in [1.54, 1.807) is 19.1 Å². The molecule has 0 aliphatic carbocycles. The first-order valence-electron chi connectivity index (χ1n) is 8.45. The lowest BCUT2D eigenvalue weighted by Gasteiger charge is -2.10. The summed E-state index contributed by atoms with van der Waals surface area (Å²) in [5.74, 6) is -0.254. The van der Waals surface area contributed by atoms with Gasteiger partial charge in [0, 0.05) is 37.0 Å². The topological polar surface area (TPSA) is 102 Å². The van der Waals surface area contributed by atoms with E-state index in [0.717, 1.165) is 0 Å². The zero-order valence-corrected chi connectivity index (χ0v) is 15.7. The van der Waals surface area contributed by atoms with Gasteiger partial charge in [-0.3, -0.25) is 14.3 Å². The molecule has 2 aromatic heterocycles. The van der Waals surface area contributed by atoms with Gasteiger partial charge in [0.2, 0.25) is 11.8 Å². The summed E-state index contributed by atoms with van der Waals surface area (Å²) in [7, 11) is 0. The average Bonchev–Trinajstić information content (AvgIpc) is 2.62. The van der Waals surface area contributed by atoms with E-state index in [2.05, 4.69) is 25.3 Å². The molecule has 11 heteroatoms. The van der Waals surface area contributed by atoms with Crippen LogP contribution in [0.25, 0.3) is 0 Å². The smallest absolute Gasteiger partial charge is 0.475 e. The number of hydrogen-bond donors (Lipinski definition) is 2. The average molecular weight is 412 g/mol. The first kappa shape index (κ1) is 22.1. The van der Waals surface area contributed by atoms with Crippen molar-refractivity contribution in [2.75, 3.05) is 18.5 Å². The van der Waals surface area contributed by atoms with Crippen LogP contribution in [-0.4, -0.2) is 41.4 Å². The third kappa shape index (κ3) is 8.13. The lowest BCUT2D eigenvalue weighted by molar-refractivity contribution is -0.325. The molecule has 156 valence electrons. The Kier molecular flexibility index (Phi) is 7.48. The fourth-order valence-electron chi connectivity index (χ4n) is 2.23. The number of rotatable bonds is 8. The first-order chi connectivity index (χ1) is 13.6. The standard InChI is InChI=1S/C18H19F3N4O4/c1-11-7-14(8-15(24-11)25-12(2)26)17(27)23-10-13-3-4-16(22-9-13)28-5-6-29-18(19,20)21/h3-4,7-9H,5-6,10H2,1-2H3,(H,23,27)(H,24,25,26). The highest BCUT2D eigenvalue weighted by Crippen LogP contribution is 2.16. The Bertz CT molecular complexity index is 857. The van der Waals surface area contributed by atoms with Gasteiger partial charge in [-0.1, -0.05) is 6.07 Å². The van der Waals surface area contributed by atoms with Crippen molar-refractivity contribution in [3.63, 3.8) is 0 Å². The molecule has 29 heavy (non-hydrogen) atoms. The number of nitrogens with zero attached hydrogens (tertiary/aromatic N) is 2. The van der Waals surface area contributed by atoms with E-state index in [9.17, 15) is 22.8 Å². The molecule has 0 fully saturated rings. The van der Waals surface area contributed by atoms with Crippen LogP contribution in [0.1, 0.15) is 28.5 Å². The van der Waals surface area contributed by atoms with Crippen LogP contribution < -0.4 is 15.4 Å². The highest BCUT2D eigenvalue weighted by Gasteiger charge is 2.28. The number of pyridine rings is 2. The molecular weight excluding hydrogens is 393 g/mol. The van der Waals surface area contributed by atoms with Crippen LogP contribution in [0.2, 0.25) is 0 Å². The quantitative estimate of drug-likeness (QED) is 0.646. The summed E-state index contributed by atoms with van der Waals surface area (Å²) < 4.78 is 44.2. The summed E-state index contributed by atoms with van der Waals surface area (Å²) in [6, 6.07) is 6.13. The number of alkyl halides is 3. The molecule has 8 nitrogen and oxygen atoms in total. The van der Waals surface area contributed by atoms with Crippen molar-refractivity contribution in [2.45, 2.75) is 26.8 Å². The van der Waals surface area contributed by atoms with Crippen LogP contribution in [0.3, 0.4) is 0 Å². The number of aryl methyl sites for hydroxylation is 1. The SMILES string of the molecule is CC(=O)Nc1cc(C(=O)NCc2ccc(OCCOC(F)(F)F)nc2)cc(C)n1. The summed E-state index contributed by atoms with van der Waals surface area (Å²) in [6.45, 7) is 2.26. The maximum atomic E-state index is 12.3. The monoisotopic (exact) mass is 412 g/mol. The van der Waals surface area contributed by atoms with E-state index in [1.807, 2.05) is 0 Å². The third-order valence-corrected chi connectivity index (χ3v) is 3.37. The van der Waals surface area contributed by atoms with Crippen LogP contribution in [-0.2, 0) is 16.1 Å². The largest absolute Gasteiger partial charge is 0.522 e. The summed E-state index contributed by atoms with van der Waals surface area (Å²) in [5, 5.41) is 5.23. The van der Waals surface area contributed by atoms with E-state index in [1.165, 1.54) is 25.3 Å². The van der Waals surface area contributed by atoms with Gasteiger partial charge in [-0.25, -0.2) is 9.97 Å². The van der Waals surface area contributed by atoms with Crippen LogP contribution in [0.15, 0.2) is 30.5 Å². The predicted octanol–water partition coefficient (Wildman–Crippen LogP) is 2.59. The Labute approximate surface area is 164 Å². The predicted molar refractivity (Wildman–Crippen MR) is 96.2 cm³/mol. The van der Waals surface area contributed by atoms with Gasteiger partial charge in [-0.15, -0.1) is 13.2 Å². The second kappa shape index (κ2) is 9.82. The van der Waals surface area contributed by atoms with Crippen molar-refractivity contribution < 1.29 is 32.2 Å². The molecule has 2 heterocycles. The van der Waals surface area contributed by atoms with Crippen LogP contribution in [0.5, 0.6) is 5.88 Å². The maximum Gasteiger partial charge on any atom is 0.522 e. The van der Waals surface area contributed by atoms with Gasteiger partial charge in [0.1, 0.15) is 12.4 Å². The molecule has 0 aliphatic rings. The third-order valence-electron chi connectivity index (χ3n) is 3.37. The summed E-state index contributed by atoms with van der Waals surface area (Å²) in [6.07, 6.45) is -3.27. The molecule has 0 unspecified atom stereocenters. The van der Waals surface area contributed by atoms with Crippen LogP contribution >= 0.6 is 0 Å². The zero-order chi connectivity index (χ0) is 21.4. The zero-order valence-electron chi connectivity index (χ0n) is 15.7. The number of carbonyl (C=O) groups is 2. The van der Waals surface area contributed by atoms with Crippen LogP contribution in [0, 0.1) is 6.92 Å². The van der Waals surface area contributed by atoms with Gasteiger partial charge in [-0.05, 0) is 24.6 Å². The van der Waals surface area contributed by atoms with E-state index < -0.39 is 13.0 Å². The number of anilines is 1. The molecule has 2 amide bonds. The Morgan fingerprint density at radius 3 is 2.55 bits per heavy atom. The molecule has 0 aromatic carbocycles. The molecule has 0 saturated carbocycles. The van der Waals surface area contributed by atoms with Gasteiger partial charge in [0.15, 0.2) is 0 Å². The molecular formula is C18H19F3N4O4. The minimum Gasteiger partial charge on any atom is -0.475 e. The van der Waals surface area contributed by atoms with Crippen LogP contribution in [0.4, 0.5) is 19.0 Å². The number of amides is 2. The highest BCUT2D eigenvalue weighted by molar-refractivity contribution is 5.96. The molecule has 0 atom stereocenters. The van der Waals surface area contributed by atoms with Crippen molar-refractivity contribution in [3.05, 3.63) is 47.3 Å². The maximum absolute atomic E-state index is 12.3. The van der Waals surface area contributed by atoms with E-state index >= 15 is 0 Å². The lowest BCUT2D eigenvalue weighted by Crippen LogP contribution is -2.23. The van der Waals surface area contributed by atoms with Crippen molar-refractivity contribution in [1.82, 2.24) is 15.3 Å². The van der Waals surface area contributed by atoms with Crippen molar-refractivity contribution >= 4 is 17.6 Å². The number of hydrogen-bond acceptors (Lipinski definition) is 6. The molecule has 2 rings (SSSR count). The minimum absolute atomic E-state index is 0.135. The molecule has 0 aliphatic heterocycles. The van der Waals surface area contributed by atoms with Gasteiger partial charge in [0.05, 0.1) is 6.61 Å². The van der Waals surface area contributed by atoms with Gasteiger partial charge in [-0.2, -0.15) is 0 Å². The summed E-state index contributed by atoms with van der Waals surface area (Å²) >= 11 is 0. The number of halogens is 3.